The Morgan fingerprint density at radius 1 is 1.07 bits per heavy atom. The summed E-state index contributed by atoms with van der Waals surface area (Å²) < 4.78 is 5.46. The molecule has 1 saturated carbocycles. The van der Waals surface area contributed by atoms with Gasteiger partial charge in [0.15, 0.2) is 5.82 Å². The molecule has 1 fully saturated rings. The van der Waals surface area contributed by atoms with E-state index in [0.717, 1.165) is 29.2 Å². The van der Waals surface area contributed by atoms with Gasteiger partial charge in [0.2, 0.25) is 5.95 Å². The number of aromatic nitrogens is 6. The van der Waals surface area contributed by atoms with Gasteiger partial charge in [-0.1, -0.05) is 42.3 Å². The Labute approximate surface area is 161 Å². The Kier molecular flexibility index (Phi) is 4.08. The molecule has 1 atom stereocenters. The molecule has 0 bridgehead atoms. The molecule has 0 amide bonds. The van der Waals surface area contributed by atoms with E-state index in [4.69, 9.17) is 10.3 Å². The zero-order chi connectivity index (χ0) is 18.9. The lowest BCUT2D eigenvalue weighted by atomic mass is 9.91. The Morgan fingerprint density at radius 3 is 2.54 bits per heavy atom. The summed E-state index contributed by atoms with van der Waals surface area (Å²) in [6.45, 7) is 0. The average Bonchev–Trinajstić information content (AvgIpc) is 3.18. The molecular formula is C20H19N7O. The number of nitrogens with two attached hydrogens (primary N) is 1. The summed E-state index contributed by atoms with van der Waals surface area (Å²) in [7, 11) is 0. The fraction of sp³-hybridized carbons (Fsp3) is 0.250. The van der Waals surface area contributed by atoms with Crippen molar-refractivity contribution in [1.82, 2.24) is 30.3 Å². The van der Waals surface area contributed by atoms with Gasteiger partial charge in [0.25, 0.3) is 5.89 Å². The maximum atomic E-state index is 5.57. The number of anilines is 1. The van der Waals surface area contributed by atoms with Crippen LogP contribution in [0.25, 0.3) is 22.7 Å². The van der Waals surface area contributed by atoms with Crippen LogP contribution in [-0.2, 0) is 0 Å². The summed E-state index contributed by atoms with van der Waals surface area (Å²) in [5, 5.41) is 11.1. The maximum absolute atomic E-state index is 5.57. The minimum atomic E-state index is 0.102. The predicted octanol–water partition coefficient (Wildman–Crippen LogP) is 3.43. The van der Waals surface area contributed by atoms with E-state index < -0.39 is 0 Å². The van der Waals surface area contributed by atoms with Gasteiger partial charge in [-0.2, -0.15) is 10.1 Å². The van der Waals surface area contributed by atoms with Crippen LogP contribution in [0.2, 0.25) is 0 Å². The van der Waals surface area contributed by atoms with Gasteiger partial charge in [-0.15, -0.1) is 0 Å². The van der Waals surface area contributed by atoms with Crippen LogP contribution < -0.4 is 5.73 Å². The second-order valence-corrected chi connectivity index (χ2v) is 7.11. The van der Waals surface area contributed by atoms with Crippen molar-refractivity contribution in [2.24, 2.45) is 5.92 Å². The Morgan fingerprint density at radius 2 is 1.86 bits per heavy atom. The van der Waals surface area contributed by atoms with E-state index in [0.29, 0.717) is 11.7 Å². The molecule has 4 aromatic rings. The Hall–Kier alpha value is -3.55. The summed E-state index contributed by atoms with van der Waals surface area (Å²) in [6, 6.07) is 10.2. The molecule has 28 heavy (non-hydrogen) atoms. The lowest BCUT2D eigenvalue weighted by Gasteiger charge is -2.14. The van der Waals surface area contributed by atoms with Crippen LogP contribution in [-0.4, -0.2) is 30.3 Å². The quantitative estimate of drug-likeness (QED) is 0.531. The van der Waals surface area contributed by atoms with E-state index in [-0.39, 0.29) is 11.9 Å². The smallest absolute Gasteiger partial charge is 0.275 e. The number of benzene rings is 1. The van der Waals surface area contributed by atoms with Crippen molar-refractivity contribution in [3.8, 4) is 22.7 Å². The Balaban J connectivity index is 1.44. The van der Waals surface area contributed by atoms with Crippen LogP contribution in [0, 0.1) is 5.92 Å². The van der Waals surface area contributed by atoms with E-state index >= 15 is 0 Å². The van der Waals surface area contributed by atoms with Gasteiger partial charge < -0.3 is 10.3 Å². The van der Waals surface area contributed by atoms with E-state index in [9.17, 15) is 0 Å². The first kappa shape index (κ1) is 16.6. The third kappa shape index (κ3) is 3.36. The largest absolute Gasteiger partial charge is 0.368 e. The second-order valence-electron chi connectivity index (χ2n) is 7.11. The minimum Gasteiger partial charge on any atom is -0.368 e. The lowest BCUT2D eigenvalue weighted by molar-refractivity contribution is 0.415. The van der Waals surface area contributed by atoms with E-state index in [1.54, 1.807) is 18.6 Å². The second kappa shape index (κ2) is 6.88. The molecule has 1 aliphatic rings. The molecule has 1 aliphatic carbocycles. The highest BCUT2D eigenvalue weighted by atomic mass is 16.5. The molecule has 140 valence electrons. The van der Waals surface area contributed by atoms with Gasteiger partial charge in [0, 0.05) is 30.1 Å². The molecule has 0 aliphatic heterocycles. The number of nitrogens with zero attached hydrogens (tertiary/aromatic N) is 5. The van der Waals surface area contributed by atoms with Crippen molar-refractivity contribution in [2.45, 2.75) is 25.2 Å². The summed E-state index contributed by atoms with van der Waals surface area (Å²) >= 11 is 0. The summed E-state index contributed by atoms with van der Waals surface area (Å²) in [5.74, 6) is 2.27. The molecule has 8 nitrogen and oxygen atoms in total. The van der Waals surface area contributed by atoms with Crippen LogP contribution in [0.15, 0.2) is 53.4 Å². The van der Waals surface area contributed by atoms with Crippen molar-refractivity contribution < 1.29 is 4.52 Å². The van der Waals surface area contributed by atoms with Crippen molar-refractivity contribution in [1.29, 1.82) is 0 Å². The predicted molar refractivity (Wildman–Crippen MR) is 103 cm³/mol. The molecule has 1 unspecified atom stereocenters. The number of nitrogen functional groups attached to an aromatic ring is 1. The monoisotopic (exact) mass is 373 g/mol. The van der Waals surface area contributed by atoms with E-state index in [1.807, 2.05) is 6.07 Å². The number of hydrogen-bond acceptors (Lipinski definition) is 7. The van der Waals surface area contributed by atoms with E-state index in [2.05, 4.69) is 54.6 Å². The van der Waals surface area contributed by atoms with Gasteiger partial charge in [0.1, 0.15) is 5.69 Å². The normalized spacial score (nSPS) is 14.9. The van der Waals surface area contributed by atoms with Crippen LogP contribution in [0.1, 0.15) is 36.6 Å². The third-order valence-corrected chi connectivity index (χ3v) is 5.07. The number of aromatic amines is 1. The molecule has 0 saturated heterocycles. The molecule has 5 rings (SSSR count). The van der Waals surface area contributed by atoms with Crippen LogP contribution >= 0.6 is 0 Å². The summed E-state index contributed by atoms with van der Waals surface area (Å²) in [4.78, 5) is 12.7. The molecule has 0 radical (unpaired) electrons. The third-order valence-electron chi connectivity index (χ3n) is 5.07. The maximum Gasteiger partial charge on any atom is 0.275 e. The molecule has 3 aromatic heterocycles. The van der Waals surface area contributed by atoms with E-state index in [1.165, 1.54) is 18.4 Å². The molecular weight excluding hydrogens is 354 g/mol. The number of H-pyrrole nitrogens is 1. The number of rotatable bonds is 6. The standard InChI is InChI=1S/C20H19N7O/c21-20-22-10-15(11-23-20)13-3-5-14(6-4-13)16(9-12-1-2-12)18-25-19(28-27-18)17-7-8-24-26-17/h3-8,10-12,16H,1-2,9H2,(H,24,26)(H2,21,22,23). The SMILES string of the molecule is Nc1ncc(-c2ccc(C(CC3CC3)c3noc(-c4ccn[nH]4)n3)cc2)cn1. The topological polar surface area (TPSA) is 119 Å². The van der Waals surface area contributed by atoms with Crippen molar-refractivity contribution in [3.05, 3.63) is 60.3 Å². The molecule has 1 aromatic carbocycles. The first-order valence-electron chi connectivity index (χ1n) is 9.27. The lowest BCUT2D eigenvalue weighted by Crippen LogP contribution is -2.05. The van der Waals surface area contributed by atoms with Gasteiger partial charge >= 0.3 is 0 Å². The van der Waals surface area contributed by atoms with Gasteiger partial charge in [-0.3, -0.25) is 5.10 Å². The number of hydrogen-bond donors (Lipinski definition) is 2. The average molecular weight is 373 g/mol. The fourth-order valence-corrected chi connectivity index (χ4v) is 3.33. The number of nitrogens with one attached hydrogen (secondary N) is 1. The van der Waals surface area contributed by atoms with Crippen molar-refractivity contribution in [2.75, 3.05) is 5.73 Å². The van der Waals surface area contributed by atoms with Crippen molar-refractivity contribution >= 4 is 5.95 Å². The summed E-state index contributed by atoms with van der Waals surface area (Å²) in [6.07, 6.45) is 8.68. The highest BCUT2D eigenvalue weighted by molar-refractivity contribution is 5.62. The molecule has 3 N–H and O–H groups in total. The first-order valence-corrected chi connectivity index (χ1v) is 9.27. The van der Waals surface area contributed by atoms with Crippen LogP contribution in [0.5, 0.6) is 0 Å². The zero-order valence-electron chi connectivity index (χ0n) is 15.1. The highest BCUT2D eigenvalue weighted by Crippen LogP contribution is 2.41. The molecule has 0 spiro atoms. The van der Waals surface area contributed by atoms with Crippen LogP contribution in [0.4, 0.5) is 5.95 Å². The van der Waals surface area contributed by atoms with Crippen molar-refractivity contribution in [3.63, 3.8) is 0 Å². The van der Waals surface area contributed by atoms with Gasteiger partial charge in [-0.25, -0.2) is 9.97 Å². The fourth-order valence-electron chi connectivity index (χ4n) is 3.33. The zero-order valence-corrected chi connectivity index (χ0v) is 15.1. The first-order chi connectivity index (χ1) is 13.8. The molecule has 3 heterocycles. The summed E-state index contributed by atoms with van der Waals surface area (Å²) in [5.41, 5.74) is 9.44. The van der Waals surface area contributed by atoms with Crippen LogP contribution in [0.3, 0.4) is 0 Å². The Bertz CT molecular complexity index is 1050. The highest BCUT2D eigenvalue weighted by Gasteiger charge is 2.30. The molecule has 8 heteroatoms. The van der Waals surface area contributed by atoms with Gasteiger partial charge in [0.05, 0.1) is 0 Å². The van der Waals surface area contributed by atoms with Gasteiger partial charge in [-0.05, 0) is 29.5 Å². The minimum absolute atomic E-state index is 0.102.